The van der Waals surface area contributed by atoms with E-state index in [-0.39, 0.29) is 6.42 Å². The van der Waals surface area contributed by atoms with Crippen LogP contribution in [0.15, 0.2) is 0 Å². The molecule has 1 saturated heterocycles. The molecule has 0 aliphatic carbocycles. The lowest BCUT2D eigenvalue weighted by Crippen LogP contribution is -2.36. The second-order valence-corrected chi connectivity index (χ2v) is 6.82. The van der Waals surface area contributed by atoms with Crippen LogP contribution in [0.4, 0.5) is 22.0 Å². The standard InChI is InChI=1S/C18H31F5O2/c19-17(20,18(21,22)23)12-7-4-2-1-3-5-8-13-24-15-11-16-10-6-9-14-25-16/h16H,1-15H2. The summed E-state index contributed by atoms with van der Waals surface area (Å²) in [6.45, 7) is 2.29. The Morgan fingerprint density at radius 2 is 1.44 bits per heavy atom. The topological polar surface area (TPSA) is 18.5 Å². The van der Waals surface area contributed by atoms with Crippen LogP contribution >= 0.6 is 0 Å². The van der Waals surface area contributed by atoms with Crippen molar-refractivity contribution in [3.05, 3.63) is 0 Å². The van der Waals surface area contributed by atoms with Gasteiger partial charge in [-0.2, -0.15) is 22.0 Å². The first-order chi connectivity index (χ1) is 11.8. The van der Waals surface area contributed by atoms with Crippen molar-refractivity contribution in [2.45, 2.75) is 95.3 Å². The fourth-order valence-electron chi connectivity index (χ4n) is 2.93. The number of unbranched alkanes of at least 4 members (excludes halogenated alkanes) is 6. The van der Waals surface area contributed by atoms with Crippen LogP contribution in [-0.2, 0) is 9.47 Å². The largest absolute Gasteiger partial charge is 0.453 e. The van der Waals surface area contributed by atoms with E-state index in [4.69, 9.17) is 9.47 Å². The number of halogens is 5. The van der Waals surface area contributed by atoms with Crippen molar-refractivity contribution in [2.24, 2.45) is 0 Å². The molecule has 1 heterocycles. The van der Waals surface area contributed by atoms with Crippen LogP contribution in [0.5, 0.6) is 0 Å². The number of alkyl halides is 5. The minimum Gasteiger partial charge on any atom is -0.381 e. The SMILES string of the molecule is FC(F)(F)C(F)(F)CCCCCCCCCOCCC1CCCCO1. The van der Waals surface area contributed by atoms with Crippen molar-refractivity contribution in [3.8, 4) is 0 Å². The van der Waals surface area contributed by atoms with E-state index in [1.165, 1.54) is 6.42 Å². The van der Waals surface area contributed by atoms with E-state index in [2.05, 4.69) is 0 Å². The molecule has 25 heavy (non-hydrogen) atoms. The maximum absolute atomic E-state index is 12.7. The fourth-order valence-corrected chi connectivity index (χ4v) is 2.93. The van der Waals surface area contributed by atoms with E-state index in [1.807, 2.05) is 0 Å². The summed E-state index contributed by atoms with van der Waals surface area (Å²) in [6.07, 6.45) is 3.11. The molecule has 1 aliphatic rings. The molecule has 1 fully saturated rings. The third-order valence-corrected chi connectivity index (χ3v) is 4.55. The van der Waals surface area contributed by atoms with E-state index in [0.717, 1.165) is 58.2 Å². The van der Waals surface area contributed by atoms with E-state index in [9.17, 15) is 22.0 Å². The summed E-state index contributed by atoms with van der Waals surface area (Å²) >= 11 is 0. The molecule has 1 rings (SSSR count). The van der Waals surface area contributed by atoms with Crippen LogP contribution in [0, 0.1) is 0 Å². The maximum Gasteiger partial charge on any atom is 0.453 e. The Morgan fingerprint density at radius 3 is 2.04 bits per heavy atom. The van der Waals surface area contributed by atoms with E-state index in [0.29, 0.717) is 25.6 Å². The average molecular weight is 374 g/mol. The zero-order valence-corrected chi connectivity index (χ0v) is 14.9. The molecule has 0 spiro atoms. The van der Waals surface area contributed by atoms with Gasteiger partial charge in [-0.1, -0.05) is 32.1 Å². The molecule has 0 radical (unpaired) electrons. The van der Waals surface area contributed by atoms with Crippen molar-refractivity contribution in [3.63, 3.8) is 0 Å². The van der Waals surface area contributed by atoms with Crippen molar-refractivity contribution < 1.29 is 31.4 Å². The Labute approximate surface area is 147 Å². The Bertz CT molecular complexity index is 328. The number of rotatable bonds is 13. The van der Waals surface area contributed by atoms with Gasteiger partial charge < -0.3 is 9.47 Å². The Morgan fingerprint density at radius 1 is 0.800 bits per heavy atom. The van der Waals surface area contributed by atoms with Gasteiger partial charge in [-0.15, -0.1) is 0 Å². The highest BCUT2D eigenvalue weighted by Gasteiger charge is 2.56. The lowest BCUT2D eigenvalue weighted by atomic mass is 10.1. The Hall–Kier alpha value is -0.430. The highest BCUT2D eigenvalue weighted by molar-refractivity contribution is 4.75. The molecule has 0 amide bonds. The van der Waals surface area contributed by atoms with E-state index < -0.39 is 18.5 Å². The van der Waals surface area contributed by atoms with Gasteiger partial charge in [0.05, 0.1) is 6.10 Å². The molecule has 0 aromatic rings. The van der Waals surface area contributed by atoms with Crippen molar-refractivity contribution in [2.75, 3.05) is 19.8 Å². The minimum absolute atomic E-state index is 0.0845. The van der Waals surface area contributed by atoms with Gasteiger partial charge in [-0.05, 0) is 38.5 Å². The van der Waals surface area contributed by atoms with Crippen LogP contribution < -0.4 is 0 Å². The molecular weight excluding hydrogens is 343 g/mol. The van der Waals surface area contributed by atoms with Gasteiger partial charge >= 0.3 is 12.1 Å². The third kappa shape index (κ3) is 10.3. The summed E-state index contributed by atoms with van der Waals surface area (Å²) < 4.78 is 72.5. The number of ether oxygens (including phenoxy) is 2. The van der Waals surface area contributed by atoms with Gasteiger partial charge in [-0.25, -0.2) is 0 Å². The molecule has 0 saturated carbocycles. The second kappa shape index (κ2) is 12.0. The molecule has 2 nitrogen and oxygen atoms in total. The molecular formula is C18H31F5O2. The summed E-state index contributed by atoms with van der Waals surface area (Å²) in [4.78, 5) is 0. The Balaban J connectivity index is 1.81. The summed E-state index contributed by atoms with van der Waals surface area (Å²) in [7, 11) is 0. The van der Waals surface area contributed by atoms with Crippen molar-refractivity contribution >= 4 is 0 Å². The monoisotopic (exact) mass is 374 g/mol. The molecule has 1 atom stereocenters. The molecule has 0 aromatic heterocycles. The quantitative estimate of drug-likeness (QED) is 0.279. The van der Waals surface area contributed by atoms with Gasteiger partial charge in [-0.3, -0.25) is 0 Å². The number of hydrogen-bond donors (Lipinski definition) is 0. The minimum atomic E-state index is -5.42. The van der Waals surface area contributed by atoms with Gasteiger partial charge in [0.1, 0.15) is 0 Å². The molecule has 7 heteroatoms. The zero-order chi connectivity index (χ0) is 18.6. The molecule has 0 bridgehead atoms. The van der Waals surface area contributed by atoms with Crippen LogP contribution in [0.2, 0.25) is 0 Å². The predicted octanol–water partition coefficient (Wildman–Crippen LogP) is 6.28. The zero-order valence-electron chi connectivity index (χ0n) is 14.9. The maximum atomic E-state index is 12.7. The molecule has 1 unspecified atom stereocenters. The summed E-state index contributed by atoms with van der Waals surface area (Å²) in [5.41, 5.74) is 0. The predicted molar refractivity (Wildman–Crippen MR) is 87.0 cm³/mol. The number of hydrogen-bond acceptors (Lipinski definition) is 2. The first-order valence-corrected chi connectivity index (χ1v) is 9.47. The van der Waals surface area contributed by atoms with E-state index in [1.54, 1.807) is 0 Å². The summed E-state index contributed by atoms with van der Waals surface area (Å²) in [6, 6.07) is 0. The molecule has 1 aliphatic heterocycles. The second-order valence-electron chi connectivity index (χ2n) is 6.82. The summed E-state index contributed by atoms with van der Waals surface area (Å²) in [5.74, 6) is -4.55. The third-order valence-electron chi connectivity index (χ3n) is 4.55. The van der Waals surface area contributed by atoms with Gasteiger partial charge in [0.25, 0.3) is 0 Å². The average Bonchev–Trinajstić information content (AvgIpc) is 2.55. The molecule has 0 aromatic carbocycles. The van der Waals surface area contributed by atoms with Crippen LogP contribution in [0.3, 0.4) is 0 Å². The lowest BCUT2D eigenvalue weighted by Gasteiger charge is -2.22. The van der Waals surface area contributed by atoms with Crippen LogP contribution in [-0.4, -0.2) is 38.0 Å². The highest BCUT2D eigenvalue weighted by atomic mass is 19.4. The first-order valence-electron chi connectivity index (χ1n) is 9.47. The van der Waals surface area contributed by atoms with Crippen LogP contribution in [0.25, 0.3) is 0 Å². The lowest BCUT2D eigenvalue weighted by molar-refractivity contribution is -0.284. The normalized spacial score (nSPS) is 19.3. The molecule has 0 N–H and O–H groups in total. The smallest absolute Gasteiger partial charge is 0.381 e. The van der Waals surface area contributed by atoms with E-state index >= 15 is 0 Å². The van der Waals surface area contributed by atoms with Gasteiger partial charge in [0, 0.05) is 26.2 Å². The van der Waals surface area contributed by atoms with Crippen molar-refractivity contribution in [1.82, 2.24) is 0 Å². The summed E-state index contributed by atoms with van der Waals surface area (Å²) in [5, 5.41) is 0. The highest BCUT2D eigenvalue weighted by Crippen LogP contribution is 2.39. The van der Waals surface area contributed by atoms with Crippen LogP contribution in [0.1, 0.15) is 77.0 Å². The Kier molecular flexibility index (Phi) is 10.9. The fraction of sp³-hybridized carbons (Fsp3) is 1.00. The first kappa shape index (κ1) is 22.6. The van der Waals surface area contributed by atoms with Gasteiger partial charge in [0.15, 0.2) is 0 Å². The van der Waals surface area contributed by atoms with Crippen molar-refractivity contribution in [1.29, 1.82) is 0 Å². The molecule has 150 valence electrons. The van der Waals surface area contributed by atoms with Gasteiger partial charge in [0.2, 0.25) is 0 Å².